The number of hydrogen-bond acceptors (Lipinski definition) is 5. The maximum absolute atomic E-state index is 11.5. The molecule has 0 amide bonds. The van der Waals surface area contributed by atoms with E-state index in [4.69, 9.17) is 5.73 Å². The van der Waals surface area contributed by atoms with Gasteiger partial charge >= 0.3 is 0 Å². The lowest BCUT2D eigenvalue weighted by molar-refractivity contribution is 0.194. The van der Waals surface area contributed by atoms with E-state index >= 15 is 0 Å². The van der Waals surface area contributed by atoms with Crippen LogP contribution in [0.15, 0.2) is 15.9 Å². The number of nitrogens with zero attached hydrogens (tertiary/aromatic N) is 1. The van der Waals surface area contributed by atoms with Crippen molar-refractivity contribution in [3.63, 3.8) is 0 Å². The van der Waals surface area contributed by atoms with Gasteiger partial charge in [-0.15, -0.1) is 11.3 Å². The van der Waals surface area contributed by atoms with Crippen molar-refractivity contribution in [1.29, 1.82) is 0 Å². The molecule has 2 unspecified atom stereocenters. The fraction of sp³-hybridized carbons (Fsp3) is 0.636. The Bertz CT molecular complexity index is 499. The van der Waals surface area contributed by atoms with Gasteiger partial charge in [0.25, 0.3) is 0 Å². The summed E-state index contributed by atoms with van der Waals surface area (Å²) in [7, 11) is -2.84. The van der Waals surface area contributed by atoms with Crippen LogP contribution in [0.3, 0.4) is 0 Å². The second-order valence-electron chi connectivity index (χ2n) is 4.63. The lowest BCUT2D eigenvalue weighted by Gasteiger charge is -2.36. The van der Waals surface area contributed by atoms with Crippen molar-refractivity contribution in [2.45, 2.75) is 19.0 Å². The van der Waals surface area contributed by atoms with Gasteiger partial charge in [0.1, 0.15) is 0 Å². The zero-order valence-corrected chi connectivity index (χ0v) is 13.4. The topological polar surface area (TPSA) is 63.4 Å². The van der Waals surface area contributed by atoms with Gasteiger partial charge in [-0.05, 0) is 35.0 Å². The molecule has 2 N–H and O–H groups in total. The van der Waals surface area contributed by atoms with Gasteiger partial charge in [0, 0.05) is 24.0 Å². The number of nitrogens with two attached hydrogens (primary N) is 1. The van der Waals surface area contributed by atoms with Gasteiger partial charge in [0.05, 0.1) is 21.3 Å². The highest BCUT2D eigenvalue weighted by atomic mass is 79.9. The van der Waals surface area contributed by atoms with Crippen LogP contribution in [-0.2, 0) is 9.84 Å². The van der Waals surface area contributed by atoms with Gasteiger partial charge in [-0.25, -0.2) is 8.42 Å². The molecule has 18 heavy (non-hydrogen) atoms. The Morgan fingerprint density at radius 3 is 2.44 bits per heavy atom. The molecule has 1 aliphatic heterocycles. The molecule has 2 rings (SSSR count). The monoisotopic (exact) mass is 352 g/mol. The predicted octanol–water partition coefficient (Wildman–Crippen LogP) is 1.63. The summed E-state index contributed by atoms with van der Waals surface area (Å²) in [6.07, 6.45) is 0. The van der Waals surface area contributed by atoms with Crippen LogP contribution in [0.25, 0.3) is 0 Å². The quantitative estimate of drug-likeness (QED) is 0.897. The first kappa shape index (κ1) is 14.5. The zero-order chi connectivity index (χ0) is 13.3. The molecule has 1 fully saturated rings. The second kappa shape index (κ2) is 5.58. The summed E-state index contributed by atoms with van der Waals surface area (Å²) in [6.45, 7) is 3.12. The Balaban J connectivity index is 2.17. The number of sulfone groups is 1. The maximum Gasteiger partial charge on any atom is 0.152 e. The van der Waals surface area contributed by atoms with Crippen molar-refractivity contribution in [2.75, 3.05) is 24.6 Å². The van der Waals surface area contributed by atoms with E-state index in [-0.39, 0.29) is 23.6 Å². The number of rotatable bonds is 3. The number of halogens is 1. The van der Waals surface area contributed by atoms with Crippen molar-refractivity contribution in [2.24, 2.45) is 5.73 Å². The Labute approximate surface area is 120 Å². The summed E-state index contributed by atoms with van der Waals surface area (Å²) >= 11 is 5.12. The standard InChI is InChI=1S/C11H17BrN2O2S2/c1-8(13)11(9-2-3-10(12)17-9)14-4-6-18(15,16)7-5-14/h2-3,8,11H,4-7,13H2,1H3. The summed E-state index contributed by atoms with van der Waals surface area (Å²) in [6, 6.07) is 4.16. The molecule has 1 saturated heterocycles. The Morgan fingerprint density at radius 2 is 2.00 bits per heavy atom. The van der Waals surface area contributed by atoms with E-state index in [0.717, 1.165) is 3.79 Å². The molecular formula is C11H17BrN2O2S2. The first-order chi connectivity index (χ1) is 8.39. The summed E-state index contributed by atoms with van der Waals surface area (Å²) in [5.74, 6) is 0.478. The molecule has 1 aromatic rings. The number of thiophene rings is 1. The fourth-order valence-corrected chi connectivity index (χ4v) is 5.17. The Morgan fingerprint density at radius 1 is 1.39 bits per heavy atom. The molecule has 0 bridgehead atoms. The highest BCUT2D eigenvalue weighted by Crippen LogP contribution is 2.33. The van der Waals surface area contributed by atoms with Crippen LogP contribution < -0.4 is 5.73 Å². The van der Waals surface area contributed by atoms with Gasteiger partial charge < -0.3 is 5.73 Å². The lowest BCUT2D eigenvalue weighted by Crippen LogP contribution is -2.47. The van der Waals surface area contributed by atoms with Crippen LogP contribution in [-0.4, -0.2) is 44.0 Å². The van der Waals surface area contributed by atoms with Gasteiger partial charge in [0.2, 0.25) is 0 Å². The minimum absolute atomic E-state index is 0.0173. The van der Waals surface area contributed by atoms with E-state index in [9.17, 15) is 8.42 Å². The van der Waals surface area contributed by atoms with Crippen LogP contribution in [0, 0.1) is 0 Å². The normalized spacial score (nSPS) is 23.7. The average molecular weight is 353 g/mol. The summed E-state index contributed by atoms with van der Waals surface area (Å²) in [5.41, 5.74) is 6.08. The maximum atomic E-state index is 11.5. The highest BCUT2D eigenvalue weighted by molar-refractivity contribution is 9.11. The zero-order valence-electron chi connectivity index (χ0n) is 10.2. The van der Waals surface area contributed by atoms with Crippen LogP contribution >= 0.6 is 27.3 Å². The van der Waals surface area contributed by atoms with Gasteiger partial charge in [0.15, 0.2) is 9.84 Å². The molecule has 1 aliphatic rings. The Hall–Kier alpha value is 0.0500. The highest BCUT2D eigenvalue weighted by Gasteiger charge is 2.30. The molecule has 2 atom stereocenters. The molecule has 0 saturated carbocycles. The van der Waals surface area contributed by atoms with E-state index < -0.39 is 9.84 Å². The van der Waals surface area contributed by atoms with Crippen molar-refractivity contribution in [3.8, 4) is 0 Å². The van der Waals surface area contributed by atoms with E-state index in [1.165, 1.54) is 4.88 Å². The third-order valence-corrected chi connectivity index (χ3v) is 6.46. The molecule has 7 heteroatoms. The SMILES string of the molecule is CC(N)C(c1ccc(Br)s1)N1CCS(=O)(=O)CC1. The third kappa shape index (κ3) is 3.33. The van der Waals surface area contributed by atoms with Crippen LogP contribution in [0.5, 0.6) is 0 Å². The van der Waals surface area contributed by atoms with Crippen LogP contribution in [0.2, 0.25) is 0 Å². The molecule has 2 heterocycles. The van der Waals surface area contributed by atoms with Gasteiger partial charge in [-0.2, -0.15) is 0 Å². The minimum Gasteiger partial charge on any atom is -0.326 e. The molecule has 0 aromatic carbocycles. The molecular weight excluding hydrogens is 336 g/mol. The smallest absolute Gasteiger partial charge is 0.152 e. The molecule has 0 aliphatic carbocycles. The second-order valence-corrected chi connectivity index (χ2v) is 9.43. The predicted molar refractivity (Wildman–Crippen MR) is 78.6 cm³/mol. The average Bonchev–Trinajstić information content (AvgIpc) is 2.67. The first-order valence-corrected chi connectivity index (χ1v) is 9.27. The molecule has 0 spiro atoms. The molecule has 0 radical (unpaired) electrons. The van der Waals surface area contributed by atoms with E-state index in [1.807, 2.05) is 13.0 Å². The largest absolute Gasteiger partial charge is 0.326 e. The summed E-state index contributed by atoms with van der Waals surface area (Å²) in [4.78, 5) is 3.38. The first-order valence-electron chi connectivity index (χ1n) is 5.84. The van der Waals surface area contributed by atoms with Crippen LogP contribution in [0.4, 0.5) is 0 Å². The summed E-state index contributed by atoms with van der Waals surface area (Å²) in [5, 5.41) is 0. The van der Waals surface area contributed by atoms with Crippen molar-refractivity contribution in [3.05, 3.63) is 20.8 Å². The van der Waals surface area contributed by atoms with Crippen molar-refractivity contribution >= 4 is 37.1 Å². The Kier molecular flexibility index (Phi) is 4.48. The lowest BCUT2D eigenvalue weighted by atomic mass is 10.1. The molecule has 102 valence electrons. The molecule has 4 nitrogen and oxygen atoms in total. The third-order valence-electron chi connectivity index (χ3n) is 3.16. The van der Waals surface area contributed by atoms with Gasteiger partial charge in [-0.3, -0.25) is 4.90 Å². The minimum atomic E-state index is -2.84. The van der Waals surface area contributed by atoms with E-state index in [0.29, 0.717) is 13.1 Å². The van der Waals surface area contributed by atoms with Gasteiger partial charge in [-0.1, -0.05) is 0 Å². The molecule has 1 aromatic heterocycles. The number of hydrogen-bond donors (Lipinski definition) is 1. The van der Waals surface area contributed by atoms with Crippen LogP contribution in [0.1, 0.15) is 17.8 Å². The fourth-order valence-electron chi connectivity index (χ4n) is 2.26. The van der Waals surface area contributed by atoms with E-state index in [2.05, 4.69) is 26.9 Å². The van der Waals surface area contributed by atoms with E-state index in [1.54, 1.807) is 11.3 Å². The van der Waals surface area contributed by atoms with Crippen molar-refractivity contribution < 1.29 is 8.42 Å². The summed E-state index contributed by atoms with van der Waals surface area (Å²) < 4.78 is 24.0. The van der Waals surface area contributed by atoms with Crippen molar-refractivity contribution in [1.82, 2.24) is 4.90 Å².